The van der Waals surface area contributed by atoms with Gasteiger partial charge in [0.15, 0.2) is 0 Å². The Kier molecular flexibility index (Phi) is 4.66. The van der Waals surface area contributed by atoms with Gasteiger partial charge in [0, 0.05) is 24.2 Å². The molecule has 2 aromatic rings. The van der Waals surface area contributed by atoms with Gasteiger partial charge in [0.25, 0.3) is 5.91 Å². The summed E-state index contributed by atoms with van der Waals surface area (Å²) in [6.45, 7) is 3.85. The molecular formula is C16H16ClFN2O2. The van der Waals surface area contributed by atoms with Gasteiger partial charge in [0.2, 0.25) is 5.56 Å². The van der Waals surface area contributed by atoms with E-state index in [0.29, 0.717) is 11.1 Å². The summed E-state index contributed by atoms with van der Waals surface area (Å²) in [5.74, 6) is -0.820. The van der Waals surface area contributed by atoms with Crippen LogP contribution in [0.3, 0.4) is 0 Å². The van der Waals surface area contributed by atoms with E-state index in [9.17, 15) is 14.0 Å². The summed E-state index contributed by atoms with van der Waals surface area (Å²) >= 11 is 5.80. The number of hydrogen-bond donors (Lipinski definition) is 2. The average Bonchev–Trinajstić information content (AvgIpc) is 2.48. The van der Waals surface area contributed by atoms with Gasteiger partial charge >= 0.3 is 0 Å². The number of aromatic amines is 1. The zero-order chi connectivity index (χ0) is 16.3. The first-order chi connectivity index (χ1) is 10.3. The molecule has 4 nitrogen and oxygen atoms in total. The maximum Gasteiger partial charge on any atom is 0.252 e. The molecule has 0 aliphatic carbocycles. The minimum Gasteiger partial charge on any atom is -0.351 e. The number of rotatable bonds is 4. The minimum absolute atomic E-state index is 0.0533. The third-order valence-electron chi connectivity index (χ3n) is 3.42. The second-order valence-corrected chi connectivity index (χ2v) is 6.02. The molecule has 0 radical (unpaired) electrons. The SMILES string of the molecule is CC(C)(CNC(=O)c1ccc(=O)[nH]c1)c1cccc(Cl)c1F. The molecule has 2 rings (SSSR count). The summed E-state index contributed by atoms with van der Waals surface area (Å²) in [6.07, 6.45) is 1.34. The van der Waals surface area contributed by atoms with E-state index in [1.165, 1.54) is 24.4 Å². The number of carbonyl (C=O) groups is 1. The van der Waals surface area contributed by atoms with E-state index in [1.807, 2.05) is 13.8 Å². The van der Waals surface area contributed by atoms with Gasteiger partial charge in [-0.2, -0.15) is 0 Å². The van der Waals surface area contributed by atoms with E-state index in [4.69, 9.17) is 11.6 Å². The number of pyridine rings is 1. The maximum atomic E-state index is 14.1. The number of nitrogens with one attached hydrogen (secondary N) is 2. The molecule has 0 fully saturated rings. The number of carbonyl (C=O) groups excluding carboxylic acids is 1. The number of H-pyrrole nitrogens is 1. The molecule has 0 aliphatic heterocycles. The van der Waals surface area contributed by atoms with Crippen LogP contribution in [0.5, 0.6) is 0 Å². The van der Waals surface area contributed by atoms with Crippen molar-refractivity contribution in [2.45, 2.75) is 19.3 Å². The summed E-state index contributed by atoms with van der Waals surface area (Å²) in [4.78, 5) is 25.4. The van der Waals surface area contributed by atoms with E-state index in [2.05, 4.69) is 10.3 Å². The first-order valence-electron chi connectivity index (χ1n) is 6.73. The molecule has 1 aromatic carbocycles. The summed E-state index contributed by atoms with van der Waals surface area (Å²) < 4.78 is 14.1. The lowest BCUT2D eigenvalue weighted by Gasteiger charge is -2.26. The lowest BCUT2D eigenvalue weighted by atomic mass is 9.84. The van der Waals surface area contributed by atoms with Crippen molar-refractivity contribution in [1.82, 2.24) is 10.3 Å². The van der Waals surface area contributed by atoms with Gasteiger partial charge in [-0.15, -0.1) is 0 Å². The van der Waals surface area contributed by atoms with Crippen molar-refractivity contribution < 1.29 is 9.18 Å². The van der Waals surface area contributed by atoms with E-state index in [-0.39, 0.29) is 23.0 Å². The van der Waals surface area contributed by atoms with Gasteiger partial charge in [0.1, 0.15) is 5.82 Å². The van der Waals surface area contributed by atoms with Crippen LogP contribution in [0.25, 0.3) is 0 Å². The third-order valence-corrected chi connectivity index (χ3v) is 3.71. The standard InChI is InChI=1S/C16H16ClFN2O2/c1-16(2,11-4-3-5-12(17)14(11)18)9-20-15(22)10-6-7-13(21)19-8-10/h3-8H,9H2,1-2H3,(H,19,21)(H,20,22). The fraction of sp³-hybridized carbons (Fsp3) is 0.250. The summed E-state index contributed by atoms with van der Waals surface area (Å²) in [7, 11) is 0. The molecule has 6 heteroatoms. The quantitative estimate of drug-likeness (QED) is 0.909. The van der Waals surface area contributed by atoms with Crippen LogP contribution in [0, 0.1) is 5.82 Å². The highest BCUT2D eigenvalue weighted by molar-refractivity contribution is 6.30. The fourth-order valence-electron chi connectivity index (χ4n) is 2.08. The zero-order valence-electron chi connectivity index (χ0n) is 12.2. The van der Waals surface area contributed by atoms with Crippen molar-refractivity contribution in [2.75, 3.05) is 6.54 Å². The maximum absolute atomic E-state index is 14.1. The zero-order valence-corrected chi connectivity index (χ0v) is 13.0. The number of hydrogen-bond acceptors (Lipinski definition) is 2. The van der Waals surface area contributed by atoms with E-state index >= 15 is 0 Å². The highest BCUT2D eigenvalue weighted by atomic mass is 35.5. The van der Waals surface area contributed by atoms with Crippen molar-refractivity contribution in [3.8, 4) is 0 Å². The Morgan fingerprint density at radius 3 is 2.68 bits per heavy atom. The molecule has 1 amide bonds. The molecule has 116 valence electrons. The fourth-order valence-corrected chi connectivity index (χ4v) is 2.25. The molecule has 0 bridgehead atoms. The number of aromatic nitrogens is 1. The monoisotopic (exact) mass is 322 g/mol. The lowest BCUT2D eigenvalue weighted by molar-refractivity contribution is 0.0945. The van der Waals surface area contributed by atoms with E-state index in [0.717, 1.165) is 0 Å². The van der Waals surface area contributed by atoms with Crippen LogP contribution in [0.4, 0.5) is 4.39 Å². The van der Waals surface area contributed by atoms with Crippen molar-refractivity contribution in [3.63, 3.8) is 0 Å². The van der Waals surface area contributed by atoms with Gasteiger partial charge in [-0.1, -0.05) is 37.6 Å². The normalized spacial score (nSPS) is 11.3. The first kappa shape index (κ1) is 16.2. The average molecular weight is 323 g/mol. The third kappa shape index (κ3) is 3.54. The van der Waals surface area contributed by atoms with Crippen molar-refractivity contribution >= 4 is 17.5 Å². The van der Waals surface area contributed by atoms with Crippen LogP contribution >= 0.6 is 11.6 Å². The Hall–Kier alpha value is -2.14. The molecule has 0 atom stereocenters. The van der Waals surface area contributed by atoms with Gasteiger partial charge in [-0.25, -0.2) is 4.39 Å². The Bertz CT molecular complexity index is 736. The molecule has 1 aromatic heterocycles. The van der Waals surface area contributed by atoms with Crippen molar-refractivity contribution in [2.24, 2.45) is 0 Å². The van der Waals surface area contributed by atoms with Crippen LogP contribution in [0.15, 0.2) is 41.3 Å². The molecule has 0 saturated heterocycles. The molecule has 1 heterocycles. The van der Waals surface area contributed by atoms with Crippen LogP contribution < -0.4 is 10.9 Å². The number of halogens is 2. The van der Waals surface area contributed by atoms with Crippen LogP contribution in [0.2, 0.25) is 5.02 Å². The van der Waals surface area contributed by atoms with Crippen LogP contribution in [-0.2, 0) is 5.41 Å². The second-order valence-electron chi connectivity index (χ2n) is 5.61. The largest absolute Gasteiger partial charge is 0.351 e. The first-order valence-corrected chi connectivity index (χ1v) is 7.10. The summed E-state index contributed by atoms with van der Waals surface area (Å²) in [5.41, 5.74) is -0.145. The Balaban J connectivity index is 2.12. The van der Waals surface area contributed by atoms with Crippen molar-refractivity contribution in [3.05, 3.63) is 68.8 Å². The molecule has 0 unspecified atom stereocenters. The molecule has 22 heavy (non-hydrogen) atoms. The predicted octanol–water partition coefficient (Wildman–Crippen LogP) is 2.88. The number of amides is 1. The molecular weight excluding hydrogens is 307 g/mol. The smallest absolute Gasteiger partial charge is 0.252 e. The van der Waals surface area contributed by atoms with Gasteiger partial charge < -0.3 is 10.3 Å². The van der Waals surface area contributed by atoms with Crippen LogP contribution in [-0.4, -0.2) is 17.4 Å². The van der Waals surface area contributed by atoms with Crippen molar-refractivity contribution in [1.29, 1.82) is 0 Å². The molecule has 2 N–H and O–H groups in total. The predicted molar refractivity (Wildman–Crippen MR) is 83.8 cm³/mol. The second kappa shape index (κ2) is 6.32. The van der Waals surface area contributed by atoms with Crippen LogP contribution in [0.1, 0.15) is 29.8 Å². The minimum atomic E-state index is -0.632. The Labute approximate surface area is 132 Å². The van der Waals surface area contributed by atoms with Gasteiger partial charge in [-0.3, -0.25) is 9.59 Å². The molecule has 0 saturated carbocycles. The Morgan fingerprint density at radius 2 is 2.05 bits per heavy atom. The highest BCUT2D eigenvalue weighted by Crippen LogP contribution is 2.28. The molecule has 0 aliphatic rings. The van der Waals surface area contributed by atoms with E-state index in [1.54, 1.807) is 12.1 Å². The highest BCUT2D eigenvalue weighted by Gasteiger charge is 2.26. The summed E-state index contributed by atoms with van der Waals surface area (Å²) in [6, 6.07) is 7.51. The van der Waals surface area contributed by atoms with E-state index < -0.39 is 11.2 Å². The molecule has 0 spiro atoms. The summed E-state index contributed by atoms with van der Waals surface area (Å²) in [5, 5.41) is 2.79. The Morgan fingerprint density at radius 1 is 1.32 bits per heavy atom. The lowest BCUT2D eigenvalue weighted by Crippen LogP contribution is -2.37. The number of benzene rings is 1. The topological polar surface area (TPSA) is 62.0 Å². The van der Waals surface area contributed by atoms with Gasteiger partial charge in [0.05, 0.1) is 10.6 Å². The van der Waals surface area contributed by atoms with Gasteiger partial charge in [-0.05, 0) is 17.7 Å².